The van der Waals surface area contributed by atoms with Gasteiger partial charge in [-0.1, -0.05) is 6.07 Å². The third-order valence-electron chi connectivity index (χ3n) is 3.28. The fraction of sp³-hybridized carbons (Fsp3) is 0.385. The van der Waals surface area contributed by atoms with Crippen LogP contribution in [0.2, 0.25) is 0 Å². The number of aromatic nitrogens is 3. The van der Waals surface area contributed by atoms with Gasteiger partial charge in [-0.05, 0) is 25.1 Å². The maximum absolute atomic E-state index is 4.36. The molecule has 4 nitrogen and oxygen atoms in total. The number of imidazole rings is 1. The van der Waals surface area contributed by atoms with Crippen LogP contribution in [0.3, 0.4) is 0 Å². The zero-order chi connectivity index (χ0) is 11.5. The van der Waals surface area contributed by atoms with E-state index in [9.17, 15) is 0 Å². The molecule has 0 amide bonds. The fourth-order valence-corrected chi connectivity index (χ4v) is 2.38. The molecule has 0 bridgehead atoms. The Balaban J connectivity index is 1.81. The molecule has 1 unspecified atom stereocenters. The van der Waals surface area contributed by atoms with E-state index in [1.807, 2.05) is 30.9 Å². The number of hydrogen-bond acceptors (Lipinski definition) is 3. The molecule has 17 heavy (non-hydrogen) atoms. The molecular formula is C13H16N4. The van der Waals surface area contributed by atoms with Gasteiger partial charge in [0.25, 0.3) is 0 Å². The molecule has 0 spiro atoms. The molecule has 1 aliphatic rings. The molecule has 88 valence electrons. The quantitative estimate of drug-likeness (QED) is 0.863. The number of rotatable bonds is 3. The highest BCUT2D eigenvalue weighted by molar-refractivity contribution is 5.12. The van der Waals surface area contributed by atoms with Crippen molar-refractivity contribution in [2.45, 2.75) is 18.9 Å². The molecule has 2 aromatic rings. The monoisotopic (exact) mass is 228 g/mol. The standard InChI is InChI=1S/C13H16N4/c1-2-5-16-12(3-1)9-17-10-15-8-13(17)11-4-6-14-7-11/h1-3,5,8,10-11,14H,4,6-7,9H2. The summed E-state index contributed by atoms with van der Waals surface area (Å²) in [5, 5.41) is 3.39. The lowest BCUT2D eigenvalue weighted by Crippen LogP contribution is -2.12. The predicted octanol–water partition coefficient (Wildman–Crippen LogP) is 1.40. The minimum Gasteiger partial charge on any atom is -0.328 e. The molecule has 0 aromatic carbocycles. The van der Waals surface area contributed by atoms with Crippen LogP contribution in [0.15, 0.2) is 36.9 Å². The van der Waals surface area contributed by atoms with Crippen molar-refractivity contribution in [3.63, 3.8) is 0 Å². The van der Waals surface area contributed by atoms with Gasteiger partial charge in [0.05, 0.1) is 18.6 Å². The summed E-state index contributed by atoms with van der Waals surface area (Å²) in [7, 11) is 0. The van der Waals surface area contributed by atoms with E-state index in [-0.39, 0.29) is 0 Å². The van der Waals surface area contributed by atoms with Gasteiger partial charge in [0.1, 0.15) is 0 Å². The smallest absolute Gasteiger partial charge is 0.0951 e. The molecule has 3 rings (SSSR count). The largest absolute Gasteiger partial charge is 0.328 e. The molecule has 1 N–H and O–H groups in total. The van der Waals surface area contributed by atoms with E-state index in [1.54, 1.807) is 0 Å². The summed E-state index contributed by atoms with van der Waals surface area (Å²) in [6, 6.07) is 6.02. The van der Waals surface area contributed by atoms with Gasteiger partial charge in [-0.25, -0.2) is 4.98 Å². The van der Waals surface area contributed by atoms with Gasteiger partial charge < -0.3 is 9.88 Å². The second kappa shape index (κ2) is 4.67. The average Bonchev–Trinajstić information content (AvgIpc) is 3.00. The van der Waals surface area contributed by atoms with Crippen molar-refractivity contribution in [2.75, 3.05) is 13.1 Å². The molecule has 1 aliphatic heterocycles. The SMILES string of the molecule is c1ccc(Cn2cncc2C2CCNC2)nc1. The van der Waals surface area contributed by atoms with Crippen molar-refractivity contribution in [1.82, 2.24) is 19.9 Å². The van der Waals surface area contributed by atoms with Crippen molar-refractivity contribution >= 4 is 0 Å². The number of nitrogens with one attached hydrogen (secondary N) is 1. The first-order valence-corrected chi connectivity index (χ1v) is 6.04. The van der Waals surface area contributed by atoms with Crippen molar-refractivity contribution in [2.24, 2.45) is 0 Å². The minimum absolute atomic E-state index is 0.598. The fourth-order valence-electron chi connectivity index (χ4n) is 2.38. The lowest BCUT2D eigenvalue weighted by molar-refractivity contribution is 0.647. The van der Waals surface area contributed by atoms with Crippen molar-refractivity contribution in [1.29, 1.82) is 0 Å². The summed E-state index contributed by atoms with van der Waals surface area (Å²) in [4.78, 5) is 8.63. The molecule has 1 saturated heterocycles. The molecular weight excluding hydrogens is 212 g/mol. The highest BCUT2D eigenvalue weighted by atomic mass is 15.1. The van der Waals surface area contributed by atoms with E-state index in [4.69, 9.17) is 0 Å². The molecule has 1 atom stereocenters. The summed E-state index contributed by atoms with van der Waals surface area (Å²) in [5.74, 6) is 0.598. The Morgan fingerprint density at radius 3 is 3.18 bits per heavy atom. The Bertz CT molecular complexity index is 471. The molecule has 4 heteroatoms. The number of hydrogen-bond donors (Lipinski definition) is 1. The number of pyridine rings is 1. The Labute approximate surface area is 101 Å². The van der Waals surface area contributed by atoms with E-state index in [0.29, 0.717) is 5.92 Å². The van der Waals surface area contributed by atoms with Crippen LogP contribution < -0.4 is 5.32 Å². The maximum atomic E-state index is 4.36. The zero-order valence-corrected chi connectivity index (χ0v) is 9.71. The molecule has 0 aliphatic carbocycles. The second-order valence-corrected chi connectivity index (χ2v) is 4.46. The molecule has 2 aromatic heterocycles. The van der Waals surface area contributed by atoms with Gasteiger partial charge in [0.15, 0.2) is 0 Å². The van der Waals surface area contributed by atoms with Gasteiger partial charge in [-0.2, -0.15) is 0 Å². The van der Waals surface area contributed by atoms with Crippen LogP contribution in [0.1, 0.15) is 23.7 Å². The Morgan fingerprint density at radius 1 is 1.41 bits per heavy atom. The van der Waals surface area contributed by atoms with E-state index >= 15 is 0 Å². The van der Waals surface area contributed by atoms with Crippen LogP contribution in [-0.2, 0) is 6.54 Å². The van der Waals surface area contributed by atoms with Crippen molar-refractivity contribution in [3.05, 3.63) is 48.3 Å². The van der Waals surface area contributed by atoms with E-state index in [0.717, 1.165) is 25.3 Å². The first-order valence-electron chi connectivity index (χ1n) is 6.04. The topological polar surface area (TPSA) is 42.7 Å². The van der Waals surface area contributed by atoms with Crippen LogP contribution in [0, 0.1) is 0 Å². The Morgan fingerprint density at radius 2 is 2.41 bits per heavy atom. The van der Waals surface area contributed by atoms with Gasteiger partial charge in [-0.3, -0.25) is 4.98 Å². The first kappa shape index (κ1) is 10.5. The van der Waals surface area contributed by atoms with Crippen molar-refractivity contribution in [3.8, 4) is 0 Å². The lowest BCUT2D eigenvalue weighted by atomic mass is 10.1. The minimum atomic E-state index is 0.598. The zero-order valence-electron chi connectivity index (χ0n) is 9.71. The van der Waals surface area contributed by atoms with Crippen LogP contribution >= 0.6 is 0 Å². The second-order valence-electron chi connectivity index (χ2n) is 4.46. The van der Waals surface area contributed by atoms with Crippen molar-refractivity contribution < 1.29 is 0 Å². The van der Waals surface area contributed by atoms with E-state index in [2.05, 4.69) is 25.9 Å². The molecule has 0 saturated carbocycles. The van der Waals surface area contributed by atoms with Gasteiger partial charge in [0, 0.05) is 30.6 Å². The summed E-state index contributed by atoms with van der Waals surface area (Å²) < 4.78 is 2.21. The molecule has 1 fully saturated rings. The van der Waals surface area contributed by atoms with Crippen LogP contribution in [-0.4, -0.2) is 27.6 Å². The van der Waals surface area contributed by atoms with Crippen LogP contribution in [0.5, 0.6) is 0 Å². The van der Waals surface area contributed by atoms with Gasteiger partial charge in [0.2, 0.25) is 0 Å². The lowest BCUT2D eigenvalue weighted by Gasteiger charge is -2.12. The van der Waals surface area contributed by atoms with Crippen LogP contribution in [0.4, 0.5) is 0 Å². The molecule has 0 radical (unpaired) electrons. The summed E-state index contributed by atoms with van der Waals surface area (Å²) in [6.07, 6.45) is 6.93. The van der Waals surface area contributed by atoms with E-state index in [1.165, 1.54) is 12.1 Å². The average molecular weight is 228 g/mol. The third kappa shape index (κ3) is 2.22. The van der Waals surface area contributed by atoms with E-state index < -0.39 is 0 Å². The number of nitrogens with zero attached hydrogens (tertiary/aromatic N) is 3. The third-order valence-corrected chi connectivity index (χ3v) is 3.28. The van der Waals surface area contributed by atoms with Crippen LogP contribution in [0.25, 0.3) is 0 Å². The first-order chi connectivity index (χ1) is 8.43. The predicted molar refractivity (Wildman–Crippen MR) is 65.8 cm³/mol. The Kier molecular flexibility index (Phi) is 2.88. The Hall–Kier alpha value is -1.68. The summed E-state index contributed by atoms with van der Waals surface area (Å²) >= 11 is 0. The highest BCUT2D eigenvalue weighted by Gasteiger charge is 2.20. The van der Waals surface area contributed by atoms with Gasteiger partial charge in [-0.15, -0.1) is 0 Å². The molecule has 3 heterocycles. The summed E-state index contributed by atoms with van der Waals surface area (Å²) in [6.45, 7) is 2.99. The highest BCUT2D eigenvalue weighted by Crippen LogP contribution is 2.22. The van der Waals surface area contributed by atoms with Gasteiger partial charge >= 0.3 is 0 Å². The normalized spacial score (nSPS) is 19.6. The summed E-state index contributed by atoms with van der Waals surface area (Å²) in [5.41, 5.74) is 2.40. The maximum Gasteiger partial charge on any atom is 0.0951 e.